The van der Waals surface area contributed by atoms with E-state index in [0.29, 0.717) is 0 Å². The van der Waals surface area contributed by atoms with Gasteiger partial charge in [0.25, 0.3) is 0 Å². The quantitative estimate of drug-likeness (QED) is 0.589. The molecular weight excluding hydrogens is 261 g/mol. The van der Waals surface area contributed by atoms with E-state index in [9.17, 15) is 0 Å². The summed E-state index contributed by atoms with van der Waals surface area (Å²) in [6, 6.07) is 0. The van der Waals surface area contributed by atoms with Crippen LogP contribution in [-0.2, 0) is 0 Å². The van der Waals surface area contributed by atoms with Crippen molar-refractivity contribution in [3.05, 3.63) is 0 Å². The molecule has 0 heterocycles. The zero-order valence-corrected chi connectivity index (χ0v) is 10.1. The first-order valence-electron chi connectivity index (χ1n) is 3.67. The highest BCUT2D eigenvalue weighted by atomic mass is 35.5. The van der Waals surface area contributed by atoms with E-state index in [1.807, 2.05) is 6.92 Å². The Kier molecular flexibility index (Phi) is 4.14. The second kappa shape index (κ2) is 4.31. The van der Waals surface area contributed by atoms with E-state index in [-0.39, 0.29) is 32.8 Å². The molecule has 0 spiro atoms. The van der Waals surface area contributed by atoms with Crippen molar-refractivity contribution in [1.82, 2.24) is 0 Å². The molecule has 0 aliphatic heterocycles. The molecule has 0 aromatic carbocycles. The molecule has 72 valence electrons. The van der Waals surface area contributed by atoms with Crippen molar-refractivity contribution in [3.63, 3.8) is 0 Å². The first-order valence-corrected chi connectivity index (χ1v) is 5.85. The summed E-state index contributed by atoms with van der Waals surface area (Å²) in [7, 11) is 0. The van der Waals surface area contributed by atoms with Crippen LogP contribution in [0.15, 0.2) is 0 Å². The second-order valence-corrected chi connectivity index (χ2v) is 5.60. The maximum absolute atomic E-state index is 6.01. The van der Waals surface area contributed by atoms with Gasteiger partial charge in [-0.2, -0.15) is 0 Å². The zero-order chi connectivity index (χ0) is 9.46. The van der Waals surface area contributed by atoms with E-state index in [1.165, 1.54) is 0 Å². The summed E-state index contributed by atoms with van der Waals surface area (Å²) < 4.78 is 0. The SMILES string of the molecule is CC1[C@@H](Cl)[C@@H](Cl)C(Cl)[C@@H](Cl)[C@H]1Cl. The van der Waals surface area contributed by atoms with Crippen LogP contribution in [0.5, 0.6) is 0 Å². The molecule has 1 aliphatic rings. The molecule has 1 fully saturated rings. The van der Waals surface area contributed by atoms with Crippen LogP contribution in [0.1, 0.15) is 6.92 Å². The molecule has 12 heavy (non-hydrogen) atoms. The van der Waals surface area contributed by atoms with Gasteiger partial charge in [-0.1, -0.05) is 6.92 Å². The van der Waals surface area contributed by atoms with Crippen LogP contribution in [-0.4, -0.2) is 26.9 Å². The second-order valence-electron chi connectivity index (χ2n) is 3.08. The fourth-order valence-corrected chi connectivity index (χ4v) is 3.29. The van der Waals surface area contributed by atoms with Crippen LogP contribution in [0.25, 0.3) is 0 Å². The van der Waals surface area contributed by atoms with Crippen molar-refractivity contribution in [3.8, 4) is 0 Å². The van der Waals surface area contributed by atoms with E-state index < -0.39 is 0 Å². The van der Waals surface area contributed by atoms with Crippen LogP contribution in [0, 0.1) is 5.92 Å². The van der Waals surface area contributed by atoms with E-state index in [0.717, 1.165) is 0 Å². The van der Waals surface area contributed by atoms with Gasteiger partial charge in [-0.15, -0.1) is 58.0 Å². The highest BCUT2D eigenvalue weighted by molar-refractivity contribution is 6.41. The molecule has 0 N–H and O–H groups in total. The summed E-state index contributed by atoms with van der Waals surface area (Å²) in [5.74, 6) is 0.0910. The van der Waals surface area contributed by atoms with Gasteiger partial charge in [0.15, 0.2) is 0 Å². The van der Waals surface area contributed by atoms with E-state index in [1.54, 1.807) is 0 Å². The largest absolute Gasteiger partial charge is 0.121 e. The van der Waals surface area contributed by atoms with Crippen LogP contribution >= 0.6 is 58.0 Å². The predicted molar refractivity (Wildman–Crippen MR) is 57.4 cm³/mol. The maximum atomic E-state index is 6.01. The number of rotatable bonds is 0. The summed E-state index contributed by atoms with van der Waals surface area (Å²) >= 11 is 29.9. The predicted octanol–water partition coefficient (Wildman–Crippen LogP) is 3.67. The lowest BCUT2D eigenvalue weighted by molar-refractivity contribution is 0.415. The third kappa shape index (κ3) is 1.93. The van der Waals surface area contributed by atoms with Gasteiger partial charge < -0.3 is 0 Å². The fourth-order valence-electron chi connectivity index (χ4n) is 1.28. The van der Waals surface area contributed by atoms with Crippen molar-refractivity contribution in [2.24, 2.45) is 5.92 Å². The normalized spacial score (nSPS) is 55.5. The van der Waals surface area contributed by atoms with E-state index in [4.69, 9.17) is 58.0 Å². The Hall–Kier alpha value is 1.45. The standard InChI is InChI=1S/C7H9Cl5/c1-2-3(8)5(10)7(12)6(11)4(2)9/h2-7H,1H3/t2?,3-,4+,5-,6+,7?. The highest BCUT2D eigenvalue weighted by Crippen LogP contribution is 2.40. The fraction of sp³-hybridized carbons (Fsp3) is 1.00. The summed E-state index contributed by atoms with van der Waals surface area (Å²) in [6.45, 7) is 1.93. The van der Waals surface area contributed by atoms with Gasteiger partial charge in [-0.3, -0.25) is 0 Å². The molecule has 0 radical (unpaired) electrons. The lowest BCUT2D eigenvalue weighted by Crippen LogP contribution is -2.50. The molecule has 1 saturated carbocycles. The van der Waals surface area contributed by atoms with E-state index >= 15 is 0 Å². The van der Waals surface area contributed by atoms with Crippen molar-refractivity contribution in [2.75, 3.05) is 0 Å². The smallest absolute Gasteiger partial charge is 0.0692 e. The minimum Gasteiger partial charge on any atom is -0.121 e. The molecule has 0 saturated heterocycles. The molecule has 0 aromatic rings. The molecule has 1 rings (SSSR count). The lowest BCUT2D eigenvalue weighted by Gasteiger charge is -2.39. The van der Waals surface area contributed by atoms with Crippen molar-refractivity contribution >= 4 is 58.0 Å². The number of hydrogen-bond donors (Lipinski definition) is 0. The molecule has 0 amide bonds. The monoisotopic (exact) mass is 268 g/mol. The Balaban J connectivity index is 2.76. The molecule has 0 aromatic heterocycles. The molecule has 5 heteroatoms. The average Bonchev–Trinajstić information content (AvgIpc) is 2.08. The van der Waals surface area contributed by atoms with Gasteiger partial charge in [-0.25, -0.2) is 0 Å². The Morgan fingerprint density at radius 3 is 1.17 bits per heavy atom. The Morgan fingerprint density at radius 2 is 0.833 bits per heavy atom. The molecule has 0 bridgehead atoms. The Labute approximate surface area is 97.4 Å². The van der Waals surface area contributed by atoms with Crippen molar-refractivity contribution in [1.29, 1.82) is 0 Å². The molecule has 2 unspecified atom stereocenters. The Morgan fingerprint density at radius 1 is 0.583 bits per heavy atom. The number of hydrogen-bond acceptors (Lipinski definition) is 0. The molecule has 0 nitrogen and oxygen atoms in total. The van der Waals surface area contributed by atoms with E-state index in [2.05, 4.69) is 0 Å². The number of alkyl halides is 5. The first-order chi connectivity index (χ1) is 5.46. The Bertz CT molecular complexity index is 103. The van der Waals surface area contributed by atoms with Gasteiger partial charge in [0.1, 0.15) is 0 Å². The summed E-state index contributed by atoms with van der Waals surface area (Å²) in [6.07, 6.45) is 0. The molecule has 6 atom stereocenters. The summed E-state index contributed by atoms with van der Waals surface area (Å²) in [4.78, 5) is 0. The first kappa shape index (κ1) is 11.5. The minimum atomic E-state index is -0.352. The zero-order valence-electron chi connectivity index (χ0n) is 6.35. The molecular formula is C7H9Cl5. The third-order valence-electron chi connectivity index (χ3n) is 2.22. The van der Waals surface area contributed by atoms with Crippen LogP contribution in [0.2, 0.25) is 0 Å². The average molecular weight is 270 g/mol. The van der Waals surface area contributed by atoms with Gasteiger partial charge in [0.05, 0.1) is 26.9 Å². The lowest BCUT2D eigenvalue weighted by atomic mass is 9.88. The molecule has 1 aliphatic carbocycles. The van der Waals surface area contributed by atoms with Crippen molar-refractivity contribution in [2.45, 2.75) is 33.8 Å². The van der Waals surface area contributed by atoms with Gasteiger partial charge in [0, 0.05) is 0 Å². The van der Waals surface area contributed by atoms with Gasteiger partial charge in [-0.05, 0) is 5.92 Å². The highest BCUT2D eigenvalue weighted by Gasteiger charge is 2.45. The summed E-state index contributed by atoms with van der Waals surface area (Å²) in [5, 5.41) is -1.37. The third-order valence-corrected chi connectivity index (χ3v) is 5.70. The topological polar surface area (TPSA) is 0 Å². The van der Waals surface area contributed by atoms with Crippen LogP contribution < -0.4 is 0 Å². The van der Waals surface area contributed by atoms with Crippen LogP contribution in [0.4, 0.5) is 0 Å². The van der Waals surface area contributed by atoms with Gasteiger partial charge in [0.2, 0.25) is 0 Å². The van der Waals surface area contributed by atoms with Crippen molar-refractivity contribution < 1.29 is 0 Å². The van der Waals surface area contributed by atoms with Crippen LogP contribution in [0.3, 0.4) is 0 Å². The summed E-state index contributed by atoms with van der Waals surface area (Å²) in [5.41, 5.74) is 0. The van der Waals surface area contributed by atoms with Gasteiger partial charge >= 0.3 is 0 Å². The maximum Gasteiger partial charge on any atom is 0.0692 e. The number of halogens is 5. The minimum absolute atomic E-state index is 0.0910.